The van der Waals surface area contributed by atoms with Gasteiger partial charge in [0.05, 0.1) is 30.9 Å². The Hall–Kier alpha value is -3.86. The molecule has 39 heavy (non-hydrogen) atoms. The van der Waals surface area contributed by atoms with Crippen LogP contribution in [0.5, 0.6) is 23.0 Å². The van der Waals surface area contributed by atoms with Crippen LogP contribution in [0, 0.1) is 0 Å². The van der Waals surface area contributed by atoms with Gasteiger partial charge >= 0.3 is 0 Å². The topological polar surface area (TPSA) is 77.5 Å². The zero-order valence-electron chi connectivity index (χ0n) is 21.2. The number of carbonyl (C=O) groups excluding carboxylic acids is 2. The summed E-state index contributed by atoms with van der Waals surface area (Å²) in [6.07, 6.45) is 1.76. The van der Waals surface area contributed by atoms with Gasteiger partial charge < -0.3 is 23.8 Å². The SMILES string of the molecule is COc1cc(/C=C2\SC(=S)N(c3ccc(Oc4ccccc4)cc3)C2=O)ccc1OCC(=O)N1CCOCC1. The highest BCUT2D eigenvalue weighted by molar-refractivity contribution is 8.27. The largest absolute Gasteiger partial charge is 0.493 e. The molecular formula is C29H26N2O6S2. The molecule has 8 nitrogen and oxygen atoms in total. The fourth-order valence-corrected chi connectivity index (χ4v) is 5.37. The van der Waals surface area contributed by atoms with Gasteiger partial charge in [-0.05, 0) is 60.2 Å². The lowest BCUT2D eigenvalue weighted by atomic mass is 10.1. The van der Waals surface area contributed by atoms with Gasteiger partial charge in [-0.3, -0.25) is 14.5 Å². The van der Waals surface area contributed by atoms with E-state index in [1.807, 2.05) is 30.3 Å². The van der Waals surface area contributed by atoms with Crippen LogP contribution in [0.2, 0.25) is 0 Å². The Bertz CT molecular complexity index is 1390. The van der Waals surface area contributed by atoms with Gasteiger partial charge in [-0.1, -0.05) is 48.2 Å². The summed E-state index contributed by atoms with van der Waals surface area (Å²) in [6.45, 7) is 2.08. The molecule has 3 aromatic rings. The van der Waals surface area contributed by atoms with Crippen molar-refractivity contribution in [1.82, 2.24) is 4.90 Å². The van der Waals surface area contributed by atoms with Crippen LogP contribution >= 0.6 is 24.0 Å². The van der Waals surface area contributed by atoms with Crippen molar-refractivity contribution in [1.29, 1.82) is 0 Å². The van der Waals surface area contributed by atoms with Gasteiger partial charge in [-0.2, -0.15) is 0 Å². The van der Waals surface area contributed by atoms with Gasteiger partial charge in [-0.15, -0.1) is 0 Å². The van der Waals surface area contributed by atoms with Crippen LogP contribution in [0.15, 0.2) is 77.7 Å². The van der Waals surface area contributed by atoms with E-state index in [4.69, 9.17) is 31.2 Å². The summed E-state index contributed by atoms with van der Waals surface area (Å²) in [4.78, 5) is 29.4. The van der Waals surface area contributed by atoms with Crippen LogP contribution in [0.3, 0.4) is 0 Å². The summed E-state index contributed by atoms with van der Waals surface area (Å²) in [5, 5.41) is 0. The number of carbonyl (C=O) groups is 2. The number of anilines is 1. The van der Waals surface area contributed by atoms with E-state index >= 15 is 0 Å². The first-order valence-electron chi connectivity index (χ1n) is 12.3. The Kier molecular flexibility index (Phi) is 8.45. The number of amides is 2. The van der Waals surface area contributed by atoms with Crippen molar-refractivity contribution < 1.29 is 28.5 Å². The van der Waals surface area contributed by atoms with E-state index in [1.54, 1.807) is 53.4 Å². The van der Waals surface area contributed by atoms with Gasteiger partial charge in [0.2, 0.25) is 0 Å². The molecule has 0 N–H and O–H groups in total. The molecule has 3 aromatic carbocycles. The summed E-state index contributed by atoms with van der Waals surface area (Å²) in [6, 6.07) is 22.0. The van der Waals surface area contributed by atoms with E-state index in [0.29, 0.717) is 58.5 Å². The first kappa shape index (κ1) is 26.7. The third kappa shape index (κ3) is 6.42. The molecule has 10 heteroatoms. The van der Waals surface area contributed by atoms with Gasteiger partial charge in [0, 0.05) is 13.1 Å². The van der Waals surface area contributed by atoms with Crippen molar-refractivity contribution >= 4 is 51.9 Å². The third-order valence-electron chi connectivity index (χ3n) is 6.07. The molecule has 0 atom stereocenters. The highest BCUT2D eigenvalue weighted by Crippen LogP contribution is 2.38. The van der Waals surface area contributed by atoms with Crippen molar-refractivity contribution in [3.05, 3.63) is 83.3 Å². The van der Waals surface area contributed by atoms with Crippen LogP contribution in [0.4, 0.5) is 5.69 Å². The van der Waals surface area contributed by atoms with Crippen LogP contribution in [-0.4, -0.2) is 61.1 Å². The summed E-state index contributed by atoms with van der Waals surface area (Å²) in [5.74, 6) is 1.98. The second-order valence-electron chi connectivity index (χ2n) is 8.62. The number of benzene rings is 3. The van der Waals surface area contributed by atoms with Gasteiger partial charge in [-0.25, -0.2) is 0 Å². The molecule has 200 valence electrons. The number of hydrogen-bond donors (Lipinski definition) is 0. The van der Waals surface area contributed by atoms with Crippen LogP contribution < -0.4 is 19.1 Å². The monoisotopic (exact) mass is 562 g/mol. The lowest BCUT2D eigenvalue weighted by Gasteiger charge is -2.26. The van der Waals surface area contributed by atoms with Crippen LogP contribution in [0.1, 0.15) is 5.56 Å². The van der Waals surface area contributed by atoms with E-state index in [2.05, 4.69) is 0 Å². The maximum absolute atomic E-state index is 13.3. The molecule has 2 aliphatic heterocycles. The number of morpholine rings is 1. The van der Waals surface area contributed by atoms with Crippen molar-refractivity contribution in [3.8, 4) is 23.0 Å². The van der Waals surface area contributed by atoms with E-state index in [9.17, 15) is 9.59 Å². The molecule has 2 amide bonds. The molecule has 0 spiro atoms. The standard InChI is InChI=1S/C29H26N2O6S2/c1-34-25-17-20(7-12-24(25)36-19-27(32)30-13-15-35-16-14-30)18-26-28(33)31(29(38)39-26)21-8-10-23(11-9-21)37-22-5-3-2-4-6-22/h2-12,17-18H,13-16,19H2,1H3/b26-18-. The number of rotatable bonds is 8. The number of thiocarbonyl (C=S) groups is 1. The van der Waals surface area contributed by atoms with E-state index in [-0.39, 0.29) is 18.4 Å². The highest BCUT2D eigenvalue weighted by Gasteiger charge is 2.33. The van der Waals surface area contributed by atoms with E-state index in [1.165, 1.54) is 23.8 Å². The smallest absolute Gasteiger partial charge is 0.270 e. The Morgan fingerprint density at radius 3 is 2.44 bits per heavy atom. The van der Waals surface area contributed by atoms with Gasteiger partial charge in [0.15, 0.2) is 22.4 Å². The van der Waals surface area contributed by atoms with Crippen molar-refractivity contribution in [2.24, 2.45) is 0 Å². The minimum Gasteiger partial charge on any atom is -0.493 e. The summed E-state index contributed by atoms with van der Waals surface area (Å²) < 4.78 is 22.8. The number of ether oxygens (including phenoxy) is 4. The molecule has 2 fully saturated rings. The molecule has 5 rings (SSSR count). The van der Waals surface area contributed by atoms with Crippen molar-refractivity contribution in [3.63, 3.8) is 0 Å². The zero-order valence-corrected chi connectivity index (χ0v) is 22.8. The number of methoxy groups -OCH3 is 1. The number of hydrogen-bond acceptors (Lipinski definition) is 8. The maximum Gasteiger partial charge on any atom is 0.270 e. The number of thioether (sulfide) groups is 1. The summed E-state index contributed by atoms with van der Waals surface area (Å²) in [7, 11) is 1.53. The predicted molar refractivity (Wildman–Crippen MR) is 154 cm³/mol. The predicted octanol–water partition coefficient (Wildman–Crippen LogP) is 5.13. The van der Waals surface area contributed by atoms with Crippen molar-refractivity contribution in [2.45, 2.75) is 0 Å². The molecule has 0 aliphatic carbocycles. The highest BCUT2D eigenvalue weighted by atomic mass is 32.2. The van der Waals surface area contributed by atoms with E-state index in [0.717, 1.165) is 11.3 Å². The number of para-hydroxylation sites is 1. The molecule has 0 unspecified atom stereocenters. The Morgan fingerprint density at radius 2 is 1.72 bits per heavy atom. The second kappa shape index (κ2) is 12.3. The lowest BCUT2D eigenvalue weighted by molar-refractivity contribution is -0.137. The minimum absolute atomic E-state index is 0.0937. The molecule has 0 saturated carbocycles. The third-order valence-corrected chi connectivity index (χ3v) is 7.37. The fourth-order valence-electron chi connectivity index (χ4n) is 4.07. The molecule has 2 saturated heterocycles. The molecule has 0 radical (unpaired) electrons. The van der Waals surface area contributed by atoms with Crippen LogP contribution in [-0.2, 0) is 14.3 Å². The van der Waals surface area contributed by atoms with Gasteiger partial charge in [0.1, 0.15) is 11.5 Å². The normalized spacial score (nSPS) is 16.5. The lowest BCUT2D eigenvalue weighted by Crippen LogP contribution is -2.43. The second-order valence-corrected chi connectivity index (χ2v) is 10.3. The zero-order chi connectivity index (χ0) is 27.2. The number of nitrogens with zero attached hydrogens (tertiary/aromatic N) is 2. The van der Waals surface area contributed by atoms with E-state index < -0.39 is 0 Å². The first-order chi connectivity index (χ1) is 19.0. The Labute approximate surface area is 236 Å². The molecular weight excluding hydrogens is 536 g/mol. The fraction of sp³-hybridized carbons (Fsp3) is 0.207. The quantitative estimate of drug-likeness (QED) is 0.276. The average Bonchev–Trinajstić information content (AvgIpc) is 3.25. The minimum atomic E-state index is -0.211. The first-order valence-corrected chi connectivity index (χ1v) is 13.5. The van der Waals surface area contributed by atoms with Gasteiger partial charge in [0.25, 0.3) is 11.8 Å². The molecule has 2 aliphatic rings. The molecule has 0 aromatic heterocycles. The summed E-state index contributed by atoms with van der Waals surface area (Å²) >= 11 is 6.75. The molecule has 0 bridgehead atoms. The maximum atomic E-state index is 13.3. The average molecular weight is 563 g/mol. The van der Waals surface area contributed by atoms with Crippen LogP contribution in [0.25, 0.3) is 6.08 Å². The Balaban J connectivity index is 1.25. The Morgan fingerprint density at radius 1 is 1.00 bits per heavy atom. The molecule has 2 heterocycles. The summed E-state index contributed by atoms with van der Waals surface area (Å²) in [5.41, 5.74) is 1.40. The van der Waals surface area contributed by atoms with Crippen molar-refractivity contribution in [2.75, 3.05) is 44.9 Å².